The molecule has 0 nitrogen and oxygen atoms in total. The van der Waals surface area contributed by atoms with Gasteiger partial charge in [0.25, 0.3) is 0 Å². The van der Waals surface area contributed by atoms with Crippen LogP contribution in [0.2, 0.25) is 0 Å². The highest BCUT2D eigenvalue weighted by atomic mass is 14.1. The number of fused-ring (bicyclic) bond motifs is 1. The Labute approximate surface area is 127 Å². The van der Waals surface area contributed by atoms with E-state index in [4.69, 9.17) is 0 Å². The summed E-state index contributed by atoms with van der Waals surface area (Å²) in [6, 6.07) is 24.2. The molecule has 0 heteroatoms. The first-order valence-electron chi connectivity index (χ1n) is 7.95. The van der Waals surface area contributed by atoms with Gasteiger partial charge in [0.1, 0.15) is 0 Å². The second-order valence-electron chi connectivity index (χ2n) is 5.68. The molecule has 3 rings (SSSR count). The lowest BCUT2D eigenvalue weighted by Gasteiger charge is -2.08. The maximum absolute atomic E-state index is 2.28. The van der Waals surface area contributed by atoms with E-state index in [-0.39, 0.29) is 0 Å². The molecule has 0 heterocycles. The molecule has 3 aromatic carbocycles. The standard InChI is InChI=1S/C21H22/c1-2-3-4-8-17-13-15-19(16-14-17)21-12-7-10-18-9-5-6-11-20(18)21/h5-7,9-16H,2-4,8H2,1H3. The number of benzene rings is 3. The Kier molecular flexibility index (Phi) is 4.35. The van der Waals surface area contributed by atoms with Crippen LogP contribution in [-0.2, 0) is 6.42 Å². The monoisotopic (exact) mass is 274 g/mol. The first kappa shape index (κ1) is 13.9. The Bertz CT molecular complexity index is 702. The second-order valence-corrected chi connectivity index (χ2v) is 5.68. The van der Waals surface area contributed by atoms with E-state index in [2.05, 4.69) is 73.7 Å². The highest BCUT2D eigenvalue weighted by molar-refractivity contribution is 5.96. The van der Waals surface area contributed by atoms with Crippen LogP contribution < -0.4 is 0 Å². The molecule has 0 amide bonds. The minimum atomic E-state index is 1.20. The van der Waals surface area contributed by atoms with Gasteiger partial charge in [-0.2, -0.15) is 0 Å². The highest BCUT2D eigenvalue weighted by Gasteiger charge is 2.03. The first-order chi connectivity index (χ1) is 10.4. The molecular weight excluding hydrogens is 252 g/mol. The number of unbranched alkanes of at least 4 members (excludes halogenated alkanes) is 2. The molecule has 0 saturated carbocycles. The number of hydrogen-bond donors (Lipinski definition) is 0. The fraction of sp³-hybridized carbons (Fsp3) is 0.238. The summed E-state index contributed by atoms with van der Waals surface area (Å²) in [5.74, 6) is 0. The summed E-state index contributed by atoms with van der Waals surface area (Å²) in [5, 5.41) is 2.64. The quantitative estimate of drug-likeness (QED) is 0.483. The zero-order chi connectivity index (χ0) is 14.5. The third-order valence-electron chi connectivity index (χ3n) is 4.12. The van der Waals surface area contributed by atoms with Crippen molar-refractivity contribution in [3.05, 3.63) is 72.3 Å². The Morgan fingerprint density at radius 3 is 2.29 bits per heavy atom. The average Bonchev–Trinajstić information content (AvgIpc) is 2.55. The van der Waals surface area contributed by atoms with Crippen molar-refractivity contribution in [3.8, 4) is 11.1 Å². The van der Waals surface area contributed by atoms with Crippen LogP contribution in [0.3, 0.4) is 0 Å². The second kappa shape index (κ2) is 6.58. The van der Waals surface area contributed by atoms with Crippen molar-refractivity contribution in [2.75, 3.05) is 0 Å². The van der Waals surface area contributed by atoms with Crippen molar-refractivity contribution in [2.45, 2.75) is 32.6 Å². The van der Waals surface area contributed by atoms with Crippen LogP contribution in [-0.4, -0.2) is 0 Å². The van der Waals surface area contributed by atoms with Crippen LogP contribution in [0.15, 0.2) is 66.7 Å². The molecule has 0 aliphatic heterocycles. The van der Waals surface area contributed by atoms with Gasteiger partial charge in [-0.05, 0) is 40.3 Å². The van der Waals surface area contributed by atoms with Gasteiger partial charge in [-0.3, -0.25) is 0 Å². The van der Waals surface area contributed by atoms with E-state index in [0.717, 1.165) is 0 Å². The number of aryl methyl sites for hydroxylation is 1. The lowest BCUT2D eigenvalue weighted by Crippen LogP contribution is -1.86. The number of hydrogen-bond acceptors (Lipinski definition) is 0. The zero-order valence-corrected chi connectivity index (χ0v) is 12.7. The third kappa shape index (κ3) is 3.16. The van der Waals surface area contributed by atoms with Crippen molar-refractivity contribution < 1.29 is 0 Å². The van der Waals surface area contributed by atoms with Crippen molar-refractivity contribution >= 4 is 10.8 Å². The van der Waals surface area contributed by atoms with Gasteiger partial charge in [-0.25, -0.2) is 0 Å². The molecule has 0 bridgehead atoms. The predicted molar refractivity (Wildman–Crippen MR) is 92.6 cm³/mol. The number of rotatable bonds is 5. The first-order valence-corrected chi connectivity index (χ1v) is 7.95. The van der Waals surface area contributed by atoms with Gasteiger partial charge in [0.15, 0.2) is 0 Å². The third-order valence-corrected chi connectivity index (χ3v) is 4.12. The molecule has 21 heavy (non-hydrogen) atoms. The minimum absolute atomic E-state index is 1.20. The van der Waals surface area contributed by atoms with E-state index in [1.165, 1.54) is 53.1 Å². The van der Waals surface area contributed by atoms with E-state index >= 15 is 0 Å². The van der Waals surface area contributed by atoms with Gasteiger partial charge in [-0.15, -0.1) is 0 Å². The van der Waals surface area contributed by atoms with Gasteiger partial charge < -0.3 is 0 Å². The van der Waals surface area contributed by atoms with E-state index < -0.39 is 0 Å². The molecule has 0 saturated heterocycles. The topological polar surface area (TPSA) is 0 Å². The highest BCUT2D eigenvalue weighted by Crippen LogP contribution is 2.28. The van der Waals surface area contributed by atoms with Crippen LogP contribution in [0.5, 0.6) is 0 Å². The van der Waals surface area contributed by atoms with Crippen molar-refractivity contribution in [1.29, 1.82) is 0 Å². The van der Waals surface area contributed by atoms with Crippen LogP contribution in [0, 0.1) is 0 Å². The van der Waals surface area contributed by atoms with E-state index in [9.17, 15) is 0 Å². The Hall–Kier alpha value is -2.08. The fourth-order valence-corrected chi connectivity index (χ4v) is 2.91. The van der Waals surface area contributed by atoms with Crippen molar-refractivity contribution in [2.24, 2.45) is 0 Å². The molecule has 0 fully saturated rings. The normalized spacial score (nSPS) is 10.9. The Balaban J connectivity index is 1.89. The molecule has 0 spiro atoms. The van der Waals surface area contributed by atoms with Crippen molar-refractivity contribution in [1.82, 2.24) is 0 Å². The summed E-state index contributed by atoms with van der Waals surface area (Å²) in [6.45, 7) is 2.25. The maximum Gasteiger partial charge on any atom is -0.0105 e. The lowest BCUT2D eigenvalue weighted by molar-refractivity contribution is 0.717. The molecule has 0 unspecified atom stereocenters. The maximum atomic E-state index is 2.28. The molecule has 0 radical (unpaired) electrons. The largest absolute Gasteiger partial charge is 0.0654 e. The molecule has 3 aromatic rings. The van der Waals surface area contributed by atoms with Crippen LogP contribution in [0.1, 0.15) is 31.7 Å². The molecule has 0 atom stereocenters. The predicted octanol–water partition coefficient (Wildman–Crippen LogP) is 6.24. The zero-order valence-electron chi connectivity index (χ0n) is 12.7. The van der Waals surface area contributed by atoms with Crippen LogP contribution in [0.4, 0.5) is 0 Å². The van der Waals surface area contributed by atoms with E-state index in [1.54, 1.807) is 0 Å². The summed E-state index contributed by atoms with van der Waals surface area (Å²) in [6.07, 6.45) is 5.10. The summed E-state index contributed by atoms with van der Waals surface area (Å²) >= 11 is 0. The van der Waals surface area contributed by atoms with Crippen molar-refractivity contribution in [3.63, 3.8) is 0 Å². The smallest absolute Gasteiger partial charge is 0.0105 e. The Morgan fingerprint density at radius 2 is 1.48 bits per heavy atom. The molecule has 0 N–H and O–H groups in total. The summed E-state index contributed by atoms with van der Waals surface area (Å²) in [5.41, 5.74) is 4.09. The van der Waals surface area contributed by atoms with Crippen LogP contribution >= 0.6 is 0 Å². The summed E-state index contributed by atoms with van der Waals surface area (Å²) in [7, 11) is 0. The molecule has 106 valence electrons. The fourth-order valence-electron chi connectivity index (χ4n) is 2.91. The van der Waals surface area contributed by atoms with Gasteiger partial charge in [0.2, 0.25) is 0 Å². The van der Waals surface area contributed by atoms with Gasteiger partial charge in [0, 0.05) is 0 Å². The molecular formula is C21H22. The van der Waals surface area contributed by atoms with Crippen LogP contribution in [0.25, 0.3) is 21.9 Å². The molecule has 0 aliphatic rings. The summed E-state index contributed by atoms with van der Waals surface area (Å²) < 4.78 is 0. The van der Waals surface area contributed by atoms with E-state index in [1.807, 2.05) is 0 Å². The lowest BCUT2D eigenvalue weighted by atomic mass is 9.97. The van der Waals surface area contributed by atoms with Gasteiger partial charge in [-0.1, -0.05) is 86.5 Å². The molecule has 0 aromatic heterocycles. The summed E-state index contributed by atoms with van der Waals surface area (Å²) in [4.78, 5) is 0. The van der Waals surface area contributed by atoms with Gasteiger partial charge in [0.05, 0.1) is 0 Å². The van der Waals surface area contributed by atoms with Gasteiger partial charge >= 0.3 is 0 Å². The molecule has 0 aliphatic carbocycles. The van der Waals surface area contributed by atoms with E-state index in [0.29, 0.717) is 0 Å². The average molecular weight is 274 g/mol. The Morgan fingerprint density at radius 1 is 0.714 bits per heavy atom. The SMILES string of the molecule is CCCCCc1ccc(-c2cccc3ccccc23)cc1. The minimum Gasteiger partial charge on any atom is -0.0654 e.